The van der Waals surface area contributed by atoms with Crippen molar-refractivity contribution in [3.05, 3.63) is 23.8 Å². The minimum Gasteiger partial charge on any atom is -0.493 e. The molecule has 0 bridgehead atoms. The number of benzene rings is 1. The highest BCUT2D eigenvalue weighted by molar-refractivity contribution is 5.90. The molecule has 2 aliphatic rings. The van der Waals surface area contributed by atoms with Crippen LogP contribution in [0.4, 0.5) is 0 Å². The normalized spacial score (nSPS) is 38.3. The Kier molecular flexibility index (Phi) is 8.64. The van der Waals surface area contributed by atoms with Crippen LogP contribution in [-0.4, -0.2) is 129 Å². The average Bonchev–Trinajstić information content (AvgIpc) is 2.84. The van der Waals surface area contributed by atoms with Gasteiger partial charge in [0, 0.05) is 0 Å². The van der Waals surface area contributed by atoms with Crippen molar-refractivity contribution in [2.75, 3.05) is 20.3 Å². The van der Waals surface area contributed by atoms with Gasteiger partial charge in [-0.15, -0.1) is 0 Å². The molecule has 2 heterocycles. The first-order chi connectivity index (χ1) is 16.1. The Bertz CT molecular complexity index is 831. The summed E-state index contributed by atoms with van der Waals surface area (Å²) in [6, 6.07) is 3.67. The lowest BCUT2D eigenvalue weighted by atomic mass is 9.99. The number of rotatable bonds is 7. The Labute approximate surface area is 193 Å². The van der Waals surface area contributed by atoms with Crippen LogP contribution in [0.5, 0.6) is 11.5 Å². The van der Waals surface area contributed by atoms with Gasteiger partial charge in [0.05, 0.1) is 25.9 Å². The molecule has 2 fully saturated rings. The van der Waals surface area contributed by atoms with E-state index in [1.165, 1.54) is 25.3 Å². The fourth-order valence-electron chi connectivity index (χ4n) is 3.52. The maximum atomic E-state index is 12.6. The lowest BCUT2D eigenvalue weighted by Crippen LogP contribution is -2.60. The number of hydrogen-bond donors (Lipinski definition) is 8. The maximum Gasteiger partial charge on any atom is 0.340 e. The number of methoxy groups -OCH3 is 1. The van der Waals surface area contributed by atoms with Gasteiger partial charge in [0.2, 0.25) is 12.6 Å². The maximum absolute atomic E-state index is 12.6. The minimum atomic E-state index is -1.78. The third-order valence-corrected chi connectivity index (χ3v) is 5.56. The van der Waals surface area contributed by atoms with Gasteiger partial charge < -0.3 is 64.5 Å². The second-order valence-corrected chi connectivity index (χ2v) is 7.78. The fraction of sp³-hybridized carbons (Fsp3) is 0.650. The predicted octanol–water partition coefficient (Wildman–Crippen LogP) is -4.17. The molecule has 10 atom stereocenters. The molecule has 1 aromatic carbocycles. The smallest absolute Gasteiger partial charge is 0.340 e. The van der Waals surface area contributed by atoms with E-state index in [0.29, 0.717) is 0 Å². The van der Waals surface area contributed by atoms with Gasteiger partial charge >= 0.3 is 5.97 Å². The SMILES string of the molecule is COc1cc(C(=O)OC2OC(CO)C(O)C(O)C2O)ccc1OC1OC(CO)C(O)C(O)C1O. The van der Waals surface area contributed by atoms with Crippen LogP contribution in [0.1, 0.15) is 10.4 Å². The van der Waals surface area contributed by atoms with Gasteiger partial charge in [0.1, 0.15) is 48.8 Å². The molecular formula is C20H28O14. The lowest BCUT2D eigenvalue weighted by molar-refractivity contribution is -0.285. The Morgan fingerprint density at radius 2 is 1.32 bits per heavy atom. The van der Waals surface area contributed by atoms with Crippen molar-refractivity contribution in [1.82, 2.24) is 0 Å². The third-order valence-electron chi connectivity index (χ3n) is 5.56. The summed E-state index contributed by atoms with van der Waals surface area (Å²) < 4.78 is 26.2. The largest absolute Gasteiger partial charge is 0.493 e. The van der Waals surface area contributed by atoms with Gasteiger partial charge in [-0.3, -0.25) is 0 Å². The van der Waals surface area contributed by atoms with Gasteiger partial charge in [-0.1, -0.05) is 0 Å². The van der Waals surface area contributed by atoms with E-state index in [0.717, 1.165) is 0 Å². The second kappa shape index (κ2) is 11.1. The van der Waals surface area contributed by atoms with E-state index in [9.17, 15) is 45.6 Å². The summed E-state index contributed by atoms with van der Waals surface area (Å²) in [5, 5.41) is 78.0. The summed E-state index contributed by atoms with van der Waals surface area (Å²) >= 11 is 0. The molecule has 0 aliphatic carbocycles. The van der Waals surface area contributed by atoms with Crippen molar-refractivity contribution in [2.24, 2.45) is 0 Å². The topological polar surface area (TPSA) is 225 Å². The highest BCUT2D eigenvalue weighted by Gasteiger charge is 2.46. The fourth-order valence-corrected chi connectivity index (χ4v) is 3.52. The number of carbonyl (C=O) groups excluding carboxylic acids is 1. The number of hydrogen-bond acceptors (Lipinski definition) is 14. The molecule has 3 rings (SSSR count). The Hall–Kier alpha value is -2.11. The van der Waals surface area contributed by atoms with Crippen LogP contribution >= 0.6 is 0 Å². The zero-order chi connectivity index (χ0) is 25.2. The molecule has 2 saturated heterocycles. The van der Waals surface area contributed by atoms with Gasteiger partial charge in [0.25, 0.3) is 0 Å². The zero-order valence-electron chi connectivity index (χ0n) is 17.9. The van der Waals surface area contributed by atoms with Crippen LogP contribution in [0.25, 0.3) is 0 Å². The van der Waals surface area contributed by atoms with Crippen LogP contribution in [0, 0.1) is 0 Å². The van der Waals surface area contributed by atoms with E-state index in [-0.39, 0.29) is 17.1 Å². The van der Waals surface area contributed by atoms with Crippen LogP contribution < -0.4 is 9.47 Å². The molecule has 14 heteroatoms. The number of aliphatic hydroxyl groups is 8. The van der Waals surface area contributed by atoms with Gasteiger partial charge in [0.15, 0.2) is 11.5 Å². The van der Waals surface area contributed by atoms with E-state index < -0.39 is 80.6 Å². The Balaban J connectivity index is 1.73. The predicted molar refractivity (Wildman–Crippen MR) is 107 cm³/mol. The van der Waals surface area contributed by atoms with E-state index in [2.05, 4.69) is 0 Å². The van der Waals surface area contributed by atoms with Crippen molar-refractivity contribution < 1.29 is 69.3 Å². The highest BCUT2D eigenvalue weighted by atomic mass is 16.7. The first-order valence-electron chi connectivity index (χ1n) is 10.3. The molecule has 2 aliphatic heterocycles. The van der Waals surface area contributed by atoms with Crippen molar-refractivity contribution >= 4 is 5.97 Å². The van der Waals surface area contributed by atoms with E-state index in [1.807, 2.05) is 0 Å². The molecular weight excluding hydrogens is 464 g/mol. The zero-order valence-corrected chi connectivity index (χ0v) is 17.9. The van der Waals surface area contributed by atoms with Crippen molar-refractivity contribution in [3.8, 4) is 11.5 Å². The van der Waals surface area contributed by atoms with Crippen LogP contribution in [0.15, 0.2) is 18.2 Å². The molecule has 1 aromatic rings. The molecule has 0 saturated carbocycles. The van der Waals surface area contributed by atoms with Gasteiger partial charge in [-0.25, -0.2) is 4.79 Å². The van der Waals surface area contributed by atoms with Crippen LogP contribution in [-0.2, 0) is 14.2 Å². The van der Waals surface area contributed by atoms with E-state index >= 15 is 0 Å². The summed E-state index contributed by atoms with van der Waals surface area (Å²) in [7, 11) is 1.25. The van der Waals surface area contributed by atoms with Crippen molar-refractivity contribution in [2.45, 2.75) is 61.4 Å². The molecule has 34 heavy (non-hydrogen) atoms. The summed E-state index contributed by atoms with van der Waals surface area (Å²) in [4.78, 5) is 12.6. The van der Waals surface area contributed by atoms with Crippen molar-refractivity contribution in [1.29, 1.82) is 0 Å². The average molecular weight is 492 g/mol. The standard InChI is InChI=1S/C20H28O14/c1-30-9-4-7(18(29)34-20-17(28)15(26)13(24)11(6-22)33-20)2-3-8(9)31-19-16(27)14(25)12(23)10(5-21)32-19/h2-4,10-17,19-28H,5-6H2,1H3. The molecule has 0 amide bonds. The minimum absolute atomic E-state index is 0.0276. The van der Waals surface area contributed by atoms with Gasteiger partial charge in [-0.05, 0) is 18.2 Å². The Morgan fingerprint density at radius 1 is 0.794 bits per heavy atom. The van der Waals surface area contributed by atoms with E-state index in [1.54, 1.807) is 0 Å². The highest BCUT2D eigenvalue weighted by Crippen LogP contribution is 2.32. The summed E-state index contributed by atoms with van der Waals surface area (Å²) in [5.41, 5.74) is -0.102. The summed E-state index contributed by atoms with van der Waals surface area (Å²) in [6.45, 7) is -1.35. The molecule has 8 N–H and O–H groups in total. The number of esters is 1. The molecule has 0 spiro atoms. The summed E-state index contributed by atoms with van der Waals surface area (Å²) in [6.07, 6.45) is -15.6. The lowest BCUT2D eigenvalue weighted by Gasteiger charge is -2.39. The summed E-state index contributed by atoms with van der Waals surface area (Å²) in [5.74, 6) is -1.07. The second-order valence-electron chi connectivity index (χ2n) is 7.78. The molecule has 0 radical (unpaired) electrons. The van der Waals surface area contributed by atoms with Crippen molar-refractivity contribution in [3.63, 3.8) is 0 Å². The number of carbonyl (C=O) groups is 1. The molecule has 192 valence electrons. The van der Waals surface area contributed by atoms with Crippen LogP contribution in [0.2, 0.25) is 0 Å². The first kappa shape index (κ1) is 26.5. The molecule has 14 nitrogen and oxygen atoms in total. The van der Waals surface area contributed by atoms with Gasteiger partial charge in [-0.2, -0.15) is 0 Å². The first-order valence-corrected chi connectivity index (χ1v) is 10.3. The van der Waals surface area contributed by atoms with Crippen LogP contribution in [0.3, 0.4) is 0 Å². The Morgan fingerprint density at radius 3 is 1.85 bits per heavy atom. The molecule has 10 unspecified atom stereocenters. The molecule has 0 aromatic heterocycles. The third kappa shape index (κ3) is 5.26. The number of aliphatic hydroxyl groups excluding tert-OH is 8. The van der Waals surface area contributed by atoms with E-state index in [4.69, 9.17) is 23.7 Å². The quantitative estimate of drug-likeness (QED) is 0.169. The monoisotopic (exact) mass is 492 g/mol. The number of ether oxygens (including phenoxy) is 5.